The van der Waals surface area contributed by atoms with Crippen LogP contribution in [-0.4, -0.2) is 47.3 Å². The van der Waals surface area contributed by atoms with Crippen molar-refractivity contribution in [2.75, 3.05) is 31.6 Å². The summed E-state index contributed by atoms with van der Waals surface area (Å²) in [7, 11) is 3.68. The lowest BCUT2D eigenvalue weighted by Gasteiger charge is -2.35. The van der Waals surface area contributed by atoms with Crippen molar-refractivity contribution in [2.24, 2.45) is 13.0 Å². The van der Waals surface area contributed by atoms with Gasteiger partial charge in [-0.3, -0.25) is 9.48 Å². The lowest BCUT2D eigenvalue weighted by molar-refractivity contribution is 0.0765. The highest BCUT2D eigenvalue weighted by atomic mass is 16.2. The molecule has 1 aliphatic heterocycles. The smallest absolute Gasteiger partial charge is 0.256 e. The second kappa shape index (κ2) is 7.39. The van der Waals surface area contributed by atoms with Crippen LogP contribution in [0.3, 0.4) is 0 Å². The van der Waals surface area contributed by atoms with Gasteiger partial charge in [-0.15, -0.1) is 0 Å². The molecule has 0 unspecified atom stereocenters. The number of hydrogen-bond donors (Lipinski definition) is 0. The van der Waals surface area contributed by atoms with Crippen molar-refractivity contribution in [1.29, 1.82) is 5.26 Å². The number of amides is 1. The van der Waals surface area contributed by atoms with E-state index in [-0.39, 0.29) is 5.91 Å². The van der Waals surface area contributed by atoms with Crippen LogP contribution in [0.25, 0.3) is 0 Å². The molecule has 2 heterocycles. The molecule has 25 heavy (non-hydrogen) atoms. The van der Waals surface area contributed by atoms with Crippen molar-refractivity contribution in [3.8, 4) is 6.07 Å². The average Bonchev–Trinajstić information content (AvgIpc) is 3.08. The van der Waals surface area contributed by atoms with Crippen molar-refractivity contribution in [1.82, 2.24) is 14.7 Å². The third-order valence-electron chi connectivity index (χ3n) is 4.81. The molecular formula is C19H23N5O. The molecule has 6 heteroatoms. The summed E-state index contributed by atoms with van der Waals surface area (Å²) in [6, 6.07) is 9.90. The fourth-order valence-electron chi connectivity index (χ4n) is 3.34. The van der Waals surface area contributed by atoms with Crippen LogP contribution in [0, 0.1) is 17.2 Å². The molecular weight excluding hydrogens is 314 g/mol. The zero-order chi connectivity index (χ0) is 17.8. The van der Waals surface area contributed by atoms with Crippen molar-refractivity contribution < 1.29 is 4.79 Å². The number of nitriles is 1. The molecule has 0 spiro atoms. The Morgan fingerprint density at radius 3 is 2.56 bits per heavy atom. The zero-order valence-corrected chi connectivity index (χ0v) is 14.7. The number of aryl methyl sites for hydroxylation is 1. The molecule has 130 valence electrons. The maximum atomic E-state index is 12.4. The van der Waals surface area contributed by atoms with Gasteiger partial charge >= 0.3 is 0 Å². The van der Waals surface area contributed by atoms with E-state index < -0.39 is 0 Å². The maximum Gasteiger partial charge on any atom is 0.256 e. The van der Waals surface area contributed by atoms with Gasteiger partial charge in [0.2, 0.25) is 0 Å². The van der Waals surface area contributed by atoms with Crippen LogP contribution in [0.5, 0.6) is 0 Å². The predicted octanol–water partition coefficient (Wildman–Crippen LogP) is 2.28. The fourth-order valence-corrected chi connectivity index (χ4v) is 3.34. The Bertz CT molecular complexity index is 766. The number of piperidine rings is 1. The summed E-state index contributed by atoms with van der Waals surface area (Å²) < 4.78 is 1.65. The number of anilines is 1. The lowest BCUT2D eigenvalue weighted by Crippen LogP contribution is -2.39. The monoisotopic (exact) mass is 337 g/mol. The molecule has 2 aromatic rings. The maximum absolute atomic E-state index is 12.4. The molecule has 0 bridgehead atoms. The Labute approximate surface area is 148 Å². The van der Waals surface area contributed by atoms with E-state index in [4.69, 9.17) is 5.26 Å². The first kappa shape index (κ1) is 17.0. The van der Waals surface area contributed by atoms with Crippen molar-refractivity contribution in [2.45, 2.75) is 12.8 Å². The lowest BCUT2D eigenvalue weighted by atomic mass is 9.95. The first-order valence-corrected chi connectivity index (χ1v) is 8.56. The van der Waals surface area contributed by atoms with Crippen LogP contribution >= 0.6 is 0 Å². The molecule has 3 rings (SSSR count). The first-order chi connectivity index (χ1) is 12.1. The summed E-state index contributed by atoms with van der Waals surface area (Å²) in [6.07, 6.45) is 5.49. The molecule has 1 saturated heterocycles. The van der Waals surface area contributed by atoms with E-state index in [1.807, 2.05) is 38.4 Å². The van der Waals surface area contributed by atoms with E-state index in [0.717, 1.165) is 38.2 Å². The van der Waals surface area contributed by atoms with Gasteiger partial charge in [-0.25, -0.2) is 0 Å². The van der Waals surface area contributed by atoms with Crippen molar-refractivity contribution >= 4 is 11.6 Å². The van der Waals surface area contributed by atoms with Gasteiger partial charge in [-0.1, -0.05) is 0 Å². The third kappa shape index (κ3) is 4.00. The molecule has 0 N–H and O–H groups in total. The van der Waals surface area contributed by atoms with Crippen molar-refractivity contribution in [3.63, 3.8) is 0 Å². The fraction of sp³-hybridized carbons (Fsp3) is 0.421. The Morgan fingerprint density at radius 2 is 2.00 bits per heavy atom. The van der Waals surface area contributed by atoms with Gasteiger partial charge in [0.1, 0.15) is 0 Å². The van der Waals surface area contributed by atoms with Gasteiger partial charge in [0, 0.05) is 45.6 Å². The Balaban J connectivity index is 1.51. The SMILES string of the molecule is CN(CC1CCN(c2ccc(C#N)cc2)CC1)C(=O)c1cnn(C)c1. The Morgan fingerprint density at radius 1 is 1.32 bits per heavy atom. The Hall–Kier alpha value is -2.81. The summed E-state index contributed by atoms with van der Waals surface area (Å²) >= 11 is 0. The van der Waals surface area contributed by atoms with Crippen molar-refractivity contribution in [3.05, 3.63) is 47.8 Å². The minimum Gasteiger partial charge on any atom is -0.372 e. The molecule has 0 saturated carbocycles. The number of carbonyl (C=O) groups is 1. The van der Waals surface area contributed by atoms with Gasteiger partial charge < -0.3 is 9.80 Å². The molecule has 0 radical (unpaired) electrons. The molecule has 0 atom stereocenters. The van der Waals surface area contributed by atoms with Crippen LogP contribution in [0.2, 0.25) is 0 Å². The molecule has 1 aliphatic rings. The van der Waals surface area contributed by atoms with Crippen LogP contribution in [-0.2, 0) is 7.05 Å². The minimum absolute atomic E-state index is 0.0302. The van der Waals surface area contributed by atoms with Gasteiger partial charge in [0.05, 0.1) is 23.4 Å². The Kier molecular flexibility index (Phi) is 5.03. The van der Waals surface area contributed by atoms with E-state index in [9.17, 15) is 4.79 Å². The standard InChI is InChI=1S/C19H23N5O/c1-22(19(25)17-12-21-23(2)14-17)13-16-7-9-24(10-8-16)18-5-3-15(11-20)4-6-18/h3-6,12,14,16H,7-10,13H2,1-2H3. The molecule has 0 aliphatic carbocycles. The highest BCUT2D eigenvalue weighted by Gasteiger charge is 2.23. The highest BCUT2D eigenvalue weighted by Crippen LogP contribution is 2.24. The number of benzene rings is 1. The molecule has 6 nitrogen and oxygen atoms in total. The number of aromatic nitrogens is 2. The minimum atomic E-state index is 0.0302. The van der Waals surface area contributed by atoms with Gasteiger partial charge in [-0.2, -0.15) is 10.4 Å². The summed E-state index contributed by atoms with van der Waals surface area (Å²) in [5.74, 6) is 0.544. The molecule has 1 aromatic heterocycles. The number of rotatable bonds is 4. The quantitative estimate of drug-likeness (QED) is 0.858. The van der Waals surface area contributed by atoms with Crippen LogP contribution in [0.15, 0.2) is 36.7 Å². The summed E-state index contributed by atoms with van der Waals surface area (Å²) in [5, 5.41) is 13.0. The second-order valence-corrected chi connectivity index (χ2v) is 6.68. The van der Waals surface area contributed by atoms with Gasteiger partial charge in [0.15, 0.2) is 0 Å². The predicted molar refractivity (Wildman–Crippen MR) is 96.3 cm³/mol. The number of carbonyl (C=O) groups excluding carboxylic acids is 1. The topological polar surface area (TPSA) is 65.2 Å². The van der Waals surface area contributed by atoms with Crippen LogP contribution in [0.4, 0.5) is 5.69 Å². The number of hydrogen-bond acceptors (Lipinski definition) is 4. The van der Waals surface area contributed by atoms with E-state index >= 15 is 0 Å². The van der Waals surface area contributed by atoms with E-state index in [1.54, 1.807) is 22.0 Å². The normalized spacial score (nSPS) is 15.0. The van der Waals surface area contributed by atoms with Crippen LogP contribution in [0.1, 0.15) is 28.8 Å². The largest absolute Gasteiger partial charge is 0.372 e. The zero-order valence-electron chi connectivity index (χ0n) is 14.7. The summed E-state index contributed by atoms with van der Waals surface area (Å²) in [5.41, 5.74) is 2.49. The molecule has 1 fully saturated rings. The summed E-state index contributed by atoms with van der Waals surface area (Å²) in [4.78, 5) is 16.6. The summed E-state index contributed by atoms with van der Waals surface area (Å²) in [6.45, 7) is 2.73. The molecule has 1 amide bonds. The van der Waals surface area contributed by atoms with E-state index in [2.05, 4.69) is 16.1 Å². The number of nitrogens with zero attached hydrogens (tertiary/aromatic N) is 5. The second-order valence-electron chi connectivity index (χ2n) is 6.68. The third-order valence-corrected chi connectivity index (χ3v) is 4.81. The van der Waals surface area contributed by atoms with Crippen LogP contribution < -0.4 is 4.90 Å². The molecule has 1 aromatic carbocycles. The van der Waals surface area contributed by atoms with Gasteiger partial charge in [-0.05, 0) is 43.0 Å². The first-order valence-electron chi connectivity index (χ1n) is 8.56. The highest BCUT2D eigenvalue weighted by molar-refractivity contribution is 5.93. The van der Waals surface area contributed by atoms with Gasteiger partial charge in [0.25, 0.3) is 5.91 Å². The average molecular weight is 337 g/mol. The van der Waals surface area contributed by atoms with E-state index in [1.165, 1.54) is 0 Å². The van der Waals surface area contributed by atoms with E-state index in [0.29, 0.717) is 17.0 Å².